The number of rotatable bonds is 4. The van der Waals surface area contributed by atoms with Crippen LogP contribution >= 0.6 is 0 Å². The molecule has 0 aliphatic carbocycles. The lowest BCUT2D eigenvalue weighted by Crippen LogP contribution is -2.44. The van der Waals surface area contributed by atoms with E-state index in [-0.39, 0.29) is 24.9 Å². The van der Waals surface area contributed by atoms with E-state index in [0.29, 0.717) is 40.0 Å². The van der Waals surface area contributed by atoms with Crippen molar-refractivity contribution in [2.24, 2.45) is 12.8 Å². The van der Waals surface area contributed by atoms with Gasteiger partial charge in [-0.05, 0) is 36.8 Å². The summed E-state index contributed by atoms with van der Waals surface area (Å²) in [6.45, 7) is 3.40. The van der Waals surface area contributed by atoms with Gasteiger partial charge in [-0.2, -0.15) is 4.98 Å². The van der Waals surface area contributed by atoms with Gasteiger partial charge in [-0.25, -0.2) is 9.18 Å². The zero-order valence-electron chi connectivity index (χ0n) is 19.8. The van der Waals surface area contributed by atoms with Crippen LogP contribution in [0.25, 0.3) is 21.9 Å². The molecule has 1 aliphatic heterocycles. The molecule has 2 aromatic carbocycles. The minimum atomic E-state index is -0.482. The van der Waals surface area contributed by atoms with E-state index in [4.69, 9.17) is 10.7 Å². The van der Waals surface area contributed by atoms with E-state index >= 15 is 0 Å². The maximum atomic E-state index is 14.3. The first-order chi connectivity index (χ1) is 16.9. The Balaban J connectivity index is 1.72. The lowest BCUT2D eigenvalue weighted by molar-refractivity contribution is 0.496. The van der Waals surface area contributed by atoms with Crippen molar-refractivity contribution < 1.29 is 4.39 Å². The van der Waals surface area contributed by atoms with Crippen LogP contribution in [0.5, 0.6) is 0 Å². The van der Waals surface area contributed by atoms with E-state index in [0.717, 1.165) is 19.4 Å². The number of aryl methyl sites for hydroxylation is 1. The second-order valence-electron chi connectivity index (χ2n) is 8.93. The molecule has 0 radical (unpaired) electrons. The van der Waals surface area contributed by atoms with Crippen LogP contribution < -0.4 is 21.9 Å². The van der Waals surface area contributed by atoms with Gasteiger partial charge >= 0.3 is 5.69 Å². The minimum Gasteiger partial charge on any atom is -0.341 e. The zero-order valence-corrected chi connectivity index (χ0v) is 19.8. The monoisotopic (exact) mass is 474 g/mol. The molecule has 1 saturated heterocycles. The number of nitrogens with two attached hydrogens (primary N) is 1. The Kier molecular flexibility index (Phi) is 5.91. The molecule has 0 spiro atoms. The third kappa shape index (κ3) is 3.90. The van der Waals surface area contributed by atoms with Gasteiger partial charge in [0.1, 0.15) is 5.82 Å². The lowest BCUT2D eigenvalue weighted by Gasteiger charge is -2.31. The van der Waals surface area contributed by atoms with Gasteiger partial charge in [-0.15, -0.1) is 5.92 Å². The molecule has 0 amide bonds. The number of imidazole rings is 1. The van der Waals surface area contributed by atoms with Crippen LogP contribution in [0.4, 0.5) is 10.3 Å². The highest BCUT2D eigenvalue weighted by Gasteiger charge is 2.26. The van der Waals surface area contributed by atoms with Crippen molar-refractivity contribution in [3.63, 3.8) is 0 Å². The van der Waals surface area contributed by atoms with Crippen molar-refractivity contribution in [1.29, 1.82) is 0 Å². The van der Waals surface area contributed by atoms with Crippen LogP contribution in [0.2, 0.25) is 0 Å². The Hall–Kier alpha value is -3.90. The van der Waals surface area contributed by atoms with E-state index < -0.39 is 11.2 Å². The molecule has 35 heavy (non-hydrogen) atoms. The van der Waals surface area contributed by atoms with Crippen LogP contribution in [0, 0.1) is 17.7 Å². The molecule has 0 saturated carbocycles. The van der Waals surface area contributed by atoms with Gasteiger partial charge < -0.3 is 10.6 Å². The quantitative estimate of drug-likeness (QED) is 0.458. The fraction of sp³-hybridized carbons (Fsp3) is 0.346. The summed E-state index contributed by atoms with van der Waals surface area (Å²) >= 11 is 0. The molecular formula is C26H27FN6O2. The maximum absolute atomic E-state index is 14.3. The normalized spacial score (nSPS) is 16.0. The molecular weight excluding hydrogens is 447 g/mol. The summed E-state index contributed by atoms with van der Waals surface area (Å²) in [5.41, 5.74) is 6.58. The molecule has 0 bridgehead atoms. The van der Waals surface area contributed by atoms with Gasteiger partial charge in [0.15, 0.2) is 11.2 Å². The van der Waals surface area contributed by atoms with Gasteiger partial charge in [0, 0.05) is 31.6 Å². The van der Waals surface area contributed by atoms with E-state index in [2.05, 4.69) is 16.7 Å². The molecule has 4 aromatic rings. The SMILES string of the molecule is CC#CCn1c(N2CCC[C@@H](N)C2)nc2c1c(=O)n(Cc1ccc(F)c3ccccc13)c(=O)n2C. The molecule has 180 valence electrons. The Bertz CT molecular complexity index is 1620. The van der Waals surface area contributed by atoms with Crippen molar-refractivity contribution in [1.82, 2.24) is 18.7 Å². The molecule has 1 aliphatic rings. The molecule has 1 fully saturated rings. The van der Waals surface area contributed by atoms with Gasteiger partial charge in [-0.1, -0.05) is 36.3 Å². The summed E-state index contributed by atoms with van der Waals surface area (Å²) < 4.78 is 18.7. The summed E-state index contributed by atoms with van der Waals surface area (Å²) in [4.78, 5) is 33.9. The number of halogens is 1. The number of hydrogen-bond acceptors (Lipinski definition) is 5. The summed E-state index contributed by atoms with van der Waals surface area (Å²) in [5.74, 6) is 6.16. The first-order valence-electron chi connectivity index (χ1n) is 11.7. The molecule has 3 heterocycles. The first-order valence-corrected chi connectivity index (χ1v) is 11.7. The number of nitrogens with zero attached hydrogens (tertiary/aromatic N) is 5. The van der Waals surface area contributed by atoms with Crippen molar-refractivity contribution in [2.75, 3.05) is 18.0 Å². The van der Waals surface area contributed by atoms with Gasteiger partial charge in [0.05, 0.1) is 13.1 Å². The average molecular weight is 475 g/mol. The molecule has 0 unspecified atom stereocenters. The Morgan fingerprint density at radius 2 is 1.91 bits per heavy atom. The third-order valence-corrected chi connectivity index (χ3v) is 6.66. The third-order valence-electron chi connectivity index (χ3n) is 6.66. The Morgan fingerprint density at radius 1 is 1.14 bits per heavy atom. The highest BCUT2D eigenvalue weighted by atomic mass is 19.1. The Morgan fingerprint density at radius 3 is 2.66 bits per heavy atom. The van der Waals surface area contributed by atoms with Crippen molar-refractivity contribution in [3.05, 3.63) is 68.6 Å². The highest BCUT2D eigenvalue weighted by molar-refractivity contribution is 5.86. The van der Waals surface area contributed by atoms with Crippen molar-refractivity contribution >= 4 is 27.9 Å². The molecule has 5 rings (SSSR count). The molecule has 1 atom stereocenters. The van der Waals surface area contributed by atoms with E-state index in [1.54, 1.807) is 42.8 Å². The fourth-order valence-corrected chi connectivity index (χ4v) is 4.87. The van der Waals surface area contributed by atoms with Crippen LogP contribution in [-0.2, 0) is 20.1 Å². The van der Waals surface area contributed by atoms with Crippen LogP contribution in [0.15, 0.2) is 46.0 Å². The second-order valence-corrected chi connectivity index (χ2v) is 8.93. The van der Waals surface area contributed by atoms with Crippen LogP contribution in [-0.4, -0.2) is 37.8 Å². The predicted octanol–water partition coefficient (Wildman–Crippen LogP) is 2.19. The first kappa shape index (κ1) is 22.9. The number of aromatic nitrogens is 4. The second kappa shape index (κ2) is 9.04. The van der Waals surface area contributed by atoms with Gasteiger partial charge in [0.2, 0.25) is 5.95 Å². The summed E-state index contributed by atoms with van der Waals surface area (Å²) in [5, 5.41) is 1.11. The summed E-state index contributed by atoms with van der Waals surface area (Å²) in [7, 11) is 1.61. The number of hydrogen-bond donors (Lipinski definition) is 1. The highest BCUT2D eigenvalue weighted by Crippen LogP contribution is 2.24. The molecule has 2 aromatic heterocycles. The van der Waals surface area contributed by atoms with E-state index in [1.165, 1.54) is 15.2 Å². The van der Waals surface area contributed by atoms with Crippen LogP contribution in [0.3, 0.4) is 0 Å². The topological polar surface area (TPSA) is 91.1 Å². The van der Waals surface area contributed by atoms with Crippen molar-refractivity contribution in [3.8, 4) is 11.8 Å². The molecule has 9 heteroatoms. The van der Waals surface area contributed by atoms with Gasteiger partial charge in [-0.3, -0.25) is 18.5 Å². The van der Waals surface area contributed by atoms with E-state index in [9.17, 15) is 14.0 Å². The molecule has 8 nitrogen and oxygen atoms in total. The van der Waals surface area contributed by atoms with Gasteiger partial charge in [0.25, 0.3) is 5.56 Å². The zero-order chi connectivity index (χ0) is 24.7. The van der Waals surface area contributed by atoms with Crippen LogP contribution in [0.1, 0.15) is 25.3 Å². The number of anilines is 1. The summed E-state index contributed by atoms with van der Waals surface area (Å²) in [6, 6.07) is 10.0. The minimum absolute atomic E-state index is 0.0107. The standard InChI is InChI=1S/C26H27FN6O2/c1-3-4-14-32-22-23(29-25(32)31-13-7-8-18(28)16-31)30(2)26(35)33(24(22)34)15-17-11-12-21(27)20-10-6-5-9-19(17)20/h5-6,9-12,18H,7-8,13-16,28H2,1-2H3/t18-/m1/s1. The van der Waals surface area contributed by atoms with Crippen molar-refractivity contribution in [2.45, 2.75) is 38.9 Å². The predicted molar refractivity (Wildman–Crippen MR) is 135 cm³/mol. The number of benzene rings is 2. The maximum Gasteiger partial charge on any atom is 0.332 e. The smallest absolute Gasteiger partial charge is 0.332 e. The lowest BCUT2D eigenvalue weighted by atomic mass is 10.0. The average Bonchev–Trinajstić information content (AvgIpc) is 3.25. The number of piperidine rings is 1. The Labute approximate surface area is 201 Å². The molecule has 2 N–H and O–H groups in total. The fourth-order valence-electron chi connectivity index (χ4n) is 4.87. The number of fused-ring (bicyclic) bond motifs is 2. The van der Waals surface area contributed by atoms with E-state index in [1.807, 2.05) is 6.07 Å². The largest absolute Gasteiger partial charge is 0.341 e. The summed E-state index contributed by atoms with van der Waals surface area (Å²) in [6.07, 6.45) is 1.85.